The number of carbonyl (C=O) groups is 1. The lowest BCUT2D eigenvalue weighted by molar-refractivity contribution is -0.136. The molecule has 0 aliphatic rings. The summed E-state index contributed by atoms with van der Waals surface area (Å²) in [6.45, 7) is 2.74. The number of anilines is 2. The molecule has 0 amide bonds. The quantitative estimate of drug-likeness (QED) is 0.469. The Morgan fingerprint density at radius 3 is 2.56 bits per heavy atom. The lowest BCUT2D eigenvalue weighted by atomic mass is 10.1. The van der Waals surface area contributed by atoms with E-state index in [0.29, 0.717) is 0 Å². The largest absolute Gasteiger partial charge is 0.481 e. The minimum Gasteiger partial charge on any atom is -0.481 e. The fourth-order valence-electron chi connectivity index (χ4n) is 2.54. The molecule has 0 spiro atoms. The predicted octanol–water partition coefficient (Wildman–Crippen LogP) is 2.38. The van der Waals surface area contributed by atoms with E-state index in [9.17, 15) is 4.79 Å². The van der Waals surface area contributed by atoms with Gasteiger partial charge in [-0.05, 0) is 49.2 Å². The molecule has 2 rings (SSSR count). The number of nitrogens with one attached hydrogen (secondary N) is 3. The molecule has 1 aromatic carbocycles. The number of aromatic nitrogens is 1. The van der Waals surface area contributed by atoms with Gasteiger partial charge in [-0.1, -0.05) is 24.3 Å². The Balaban J connectivity index is 1.58. The predicted molar refractivity (Wildman–Crippen MR) is 101 cm³/mol. The number of hydrogen-bond acceptors (Lipinski definition) is 5. The Kier molecular flexibility index (Phi) is 7.72. The molecule has 25 heavy (non-hydrogen) atoms. The van der Waals surface area contributed by atoms with E-state index >= 15 is 0 Å². The first-order valence-electron chi connectivity index (χ1n) is 8.56. The van der Waals surface area contributed by atoms with Crippen LogP contribution in [0.25, 0.3) is 0 Å². The van der Waals surface area contributed by atoms with Crippen LogP contribution in [-0.2, 0) is 17.6 Å². The van der Waals surface area contributed by atoms with Gasteiger partial charge in [0.05, 0.1) is 12.1 Å². The molecule has 0 radical (unpaired) electrons. The lowest BCUT2D eigenvalue weighted by Crippen LogP contribution is -2.20. The third kappa shape index (κ3) is 6.81. The van der Waals surface area contributed by atoms with Gasteiger partial charge < -0.3 is 21.1 Å². The van der Waals surface area contributed by atoms with Gasteiger partial charge in [0.15, 0.2) is 0 Å². The number of carboxylic acid groups (broad SMARTS) is 1. The zero-order chi connectivity index (χ0) is 17.9. The van der Waals surface area contributed by atoms with Gasteiger partial charge in [-0.3, -0.25) is 4.79 Å². The van der Waals surface area contributed by atoms with Crippen molar-refractivity contribution in [3.8, 4) is 0 Å². The van der Waals surface area contributed by atoms with E-state index in [4.69, 9.17) is 5.11 Å². The van der Waals surface area contributed by atoms with Gasteiger partial charge in [0.25, 0.3) is 0 Å². The minimum atomic E-state index is -0.795. The molecule has 0 fully saturated rings. The molecule has 0 atom stereocenters. The molecule has 134 valence electrons. The van der Waals surface area contributed by atoms with Crippen molar-refractivity contribution in [1.29, 1.82) is 0 Å². The van der Waals surface area contributed by atoms with E-state index in [2.05, 4.69) is 20.9 Å². The van der Waals surface area contributed by atoms with Crippen molar-refractivity contribution in [2.75, 3.05) is 37.3 Å². The average molecular weight is 342 g/mol. The van der Waals surface area contributed by atoms with E-state index in [1.807, 2.05) is 43.4 Å². The Morgan fingerprint density at radius 2 is 1.84 bits per heavy atom. The Bertz CT molecular complexity index is 659. The highest BCUT2D eigenvalue weighted by molar-refractivity contribution is 5.70. The van der Waals surface area contributed by atoms with E-state index in [-0.39, 0.29) is 6.42 Å². The standard InChI is InChI=1S/C19H26N4O2/c1-20-19-17(4-2-11-23-19)22-12-3-10-21-13-9-15-5-7-16(8-6-15)14-18(24)25/h2,4-8,11,21-22H,3,9-10,12-14H2,1H3,(H,20,23)(H,24,25). The molecule has 0 bridgehead atoms. The Labute approximate surface area is 148 Å². The van der Waals surface area contributed by atoms with Crippen LogP contribution in [0.3, 0.4) is 0 Å². The number of benzene rings is 1. The van der Waals surface area contributed by atoms with E-state index in [1.54, 1.807) is 6.20 Å². The summed E-state index contributed by atoms with van der Waals surface area (Å²) in [6, 6.07) is 11.7. The van der Waals surface area contributed by atoms with E-state index in [0.717, 1.165) is 49.5 Å². The van der Waals surface area contributed by atoms with Gasteiger partial charge in [-0.2, -0.15) is 0 Å². The molecule has 0 aliphatic heterocycles. The van der Waals surface area contributed by atoms with Crippen LogP contribution in [0.4, 0.5) is 11.5 Å². The lowest BCUT2D eigenvalue weighted by Gasteiger charge is -2.10. The third-order valence-corrected chi connectivity index (χ3v) is 3.86. The molecule has 6 nitrogen and oxygen atoms in total. The van der Waals surface area contributed by atoms with Crippen LogP contribution in [0, 0.1) is 0 Å². The summed E-state index contributed by atoms with van der Waals surface area (Å²) < 4.78 is 0. The Morgan fingerprint density at radius 1 is 1.08 bits per heavy atom. The van der Waals surface area contributed by atoms with Crippen LogP contribution in [0.5, 0.6) is 0 Å². The summed E-state index contributed by atoms with van der Waals surface area (Å²) in [5, 5.41) is 18.6. The molecule has 0 saturated heterocycles. The maximum Gasteiger partial charge on any atom is 0.307 e. The number of hydrogen-bond donors (Lipinski definition) is 4. The number of nitrogens with zero attached hydrogens (tertiary/aromatic N) is 1. The highest BCUT2D eigenvalue weighted by atomic mass is 16.4. The molecule has 4 N–H and O–H groups in total. The highest BCUT2D eigenvalue weighted by Gasteiger charge is 2.01. The molecule has 0 aliphatic carbocycles. The number of carboxylic acids is 1. The number of pyridine rings is 1. The zero-order valence-electron chi connectivity index (χ0n) is 14.6. The molecular weight excluding hydrogens is 316 g/mol. The van der Waals surface area contributed by atoms with E-state index < -0.39 is 5.97 Å². The Hall–Kier alpha value is -2.60. The summed E-state index contributed by atoms with van der Waals surface area (Å²) in [4.78, 5) is 14.9. The summed E-state index contributed by atoms with van der Waals surface area (Å²) in [5.74, 6) is 0.0675. The molecule has 1 heterocycles. The van der Waals surface area contributed by atoms with Crippen LogP contribution in [0.15, 0.2) is 42.6 Å². The van der Waals surface area contributed by atoms with Crippen LogP contribution >= 0.6 is 0 Å². The van der Waals surface area contributed by atoms with Crippen molar-refractivity contribution in [3.63, 3.8) is 0 Å². The van der Waals surface area contributed by atoms with Crippen LogP contribution in [-0.4, -0.2) is 42.7 Å². The second-order valence-corrected chi connectivity index (χ2v) is 5.82. The zero-order valence-corrected chi connectivity index (χ0v) is 14.6. The minimum absolute atomic E-state index is 0.0811. The second kappa shape index (κ2) is 10.3. The molecule has 0 saturated carbocycles. The summed E-state index contributed by atoms with van der Waals surface area (Å²) >= 11 is 0. The first-order chi connectivity index (χ1) is 12.2. The third-order valence-electron chi connectivity index (χ3n) is 3.86. The van der Waals surface area contributed by atoms with Gasteiger partial charge in [0.1, 0.15) is 5.82 Å². The van der Waals surface area contributed by atoms with Crippen LogP contribution in [0.2, 0.25) is 0 Å². The smallest absolute Gasteiger partial charge is 0.307 e. The second-order valence-electron chi connectivity index (χ2n) is 5.82. The normalized spacial score (nSPS) is 10.4. The van der Waals surface area contributed by atoms with Gasteiger partial charge >= 0.3 is 5.97 Å². The fraction of sp³-hybridized carbons (Fsp3) is 0.368. The van der Waals surface area contributed by atoms with Crippen molar-refractivity contribution < 1.29 is 9.90 Å². The topological polar surface area (TPSA) is 86.3 Å². The van der Waals surface area contributed by atoms with Crippen LogP contribution in [0.1, 0.15) is 17.5 Å². The molecular formula is C19H26N4O2. The van der Waals surface area contributed by atoms with Gasteiger partial charge in [-0.15, -0.1) is 0 Å². The monoisotopic (exact) mass is 342 g/mol. The van der Waals surface area contributed by atoms with Crippen molar-refractivity contribution in [2.45, 2.75) is 19.3 Å². The van der Waals surface area contributed by atoms with Crippen LogP contribution < -0.4 is 16.0 Å². The number of rotatable bonds is 11. The molecule has 6 heteroatoms. The maximum atomic E-state index is 10.7. The van der Waals surface area contributed by atoms with Gasteiger partial charge in [0.2, 0.25) is 0 Å². The SMILES string of the molecule is CNc1ncccc1NCCCNCCc1ccc(CC(=O)O)cc1. The van der Waals surface area contributed by atoms with Crippen molar-refractivity contribution in [1.82, 2.24) is 10.3 Å². The van der Waals surface area contributed by atoms with Gasteiger partial charge in [-0.25, -0.2) is 4.98 Å². The first kappa shape index (κ1) is 18.7. The first-order valence-corrected chi connectivity index (χ1v) is 8.56. The van der Waals surface area contributed by atoms with Crippen molar-refractivity contribution in [3.05, 3.63) is 53.7 Å². The average Bonchev–Trinajstić information content (AvgIpc) is 2.62. The fourth-order valence-corrected chi connectivity index (χ4v) is 2.54. The molecule has 1 aromatic heterocycles. The molecule has 2 aromatic rings. The van der Waals surface area contributed by atoms with Crippen molar-refractivity contribution in [2.24, 2.45) is 0 Å². The highest BCUT2D eigenvalue weighted by Crippen LogP contribution is 2.16. The maximum absolute atomic E-state index is 10.7. The summed E-state index contributed by atoms with van der Waals surface area (Å²) in [6.07, 6.45) is 3.81. The summed E-state index contributed by atoms with van der Waals surface area (Å²) in [5.41, 5.74) is 3.08. The van der Waals surface area contributed by atoms with E-state index in [1.165, 1.54) is 5.56 Å². The summed E-state index contributed by atoms with van der Waals surface area (Å²) in [7, 11) is 1.86. The number of aliphatic carboxylic acids is 1. The van der Waals surface area contributed by atoms with Crippen molar-refractivity contribution >= 4 is 17.5 Å². The molecule has 0 unspecified atom stereocenters. The van der Waals surface area contributed by atoms with Gasteiger partial charge in [0, 0.05) is 19.8 Å².